The zero-order chi connectivity index (χ0) is 44.8. The number of ether oxygens (including phenoxy) is 4. The van der Waals surface area contributed by atoms with Crippen molar-refractivity contribution in [1.29, 1.82) is 0 Å². The number of methoxy groups -OCH3 is 2. The Balaban J connectivity index is 0.959. The van der Waals surface area contributed by atoms with Gasteiger partial charge in [-0.25, -0.2) is 14.8 Å². The molecule has 4 aliphatic heterocycles. The highest BCUT2D eigenvalue weighted by molar-refractivity contribution is 6.07. The van der Waals surface area contributed by atoms with Crippen molar-refractivity contribution in [3.8, 4) is 28.1 Å². The van der Waals surface area contributed by atoms with E-state index in [4.69, 9.17) is 28.9 Å². The minimum atomic E-state index is -0.720. The van der Waals surface area contributed by atoms with Crippen LogP contribution in [-0.4, -0.2) is 112 Å². The van der Waals surface area contributed by atoms with Gasteiger partial charge in [-0.1, -0.05) is 32.0 Å². The zero-order valence-corrected chi connectivity index (χ0v) is 37.4. The molecule has 4 aliphatic rings. The van der Waals surface area contributed by atoms with Gasteiger partial charge in [-0.3, -0.25) is 19.7 Å². The third-order valence-electron chi connectivity index (χ3n) is 13.8. The van der Waals surface area contributed by atoms with E-state index >= 15 is 0 Å². The monoisotopic (exact) mass is 874 g/mol. The molecule has 4 N–H and O–H groups in total. The summed E-state index contributed by atoms with van der Waals surface area (Å²) in [6, 6.07) is 12.9. The number of nitrogens with zero attached hydrogens (tertiary/aromatic N) is 4. The Kier molecular flexibility index (Phi) is 12.1. The number of aromatic nitrogens is 4. The highest BCUT2D eigenvalue weighted by Gasteiger charge is 2.43. The van der Waals surface area contributed by atoms with E-state index in [1.54, 1.807) is 0 Å². The molecule has 7 atom stereocenters. The number of fused-ring (bicyclic) bond motifs is 6. The maximum atomic E-state index is 14.5. The summed E-state index contributed by atoms with van der Waals surface area (Å²) in [6.07, 6.45) is 6.05. The summed E-state index contributed by atoms with van der Waals surface area (Å²) in [5.74, 6) is 1.41. The summed E-state index contributed by atoms with van der Waals surface area (Å²) in [7, 11) is 2.64. The number of imidazole rings is 2. The fourth-order valence-electron chi connectivity index (χ4n) is 10.3. The van der Waals surface area contributed by atoms with Gasteiger partial charge in [0.1, 0.15) is 30.0 Å². The van der Waals surface area contributed by atoms with E-state index in [1.165, 1.54) is 14.2 Å². The Morgan fingerprint density at radius 1 is 0.875 bits per heavy atom. The number of H-pyrrole nitrogens is 2. The number of likely N-dealkylation sites (tertiary alicyclic amines) is 2. The molecular formula is C48H58N8O8. The number of rotatable bonds is 11. The van der Waals surface area contributed by atoms with Crippen LogP contribution in [0, 0.1) is 11.8 Å². The van der Waals surface area contributed by atoms with E-state index in [-0.39, 0.29) is 54.4 Å². The molecule has 6 heterocycles. The highest BCUT2D eigenvalue weighted by atomic mass is 16.5. The first-order valence-corrected chi connectivity index (χ1v) is 22.6. The van der Waals surface area contributed by atoms with Crippen LogP contribution in [0.3, 0.4) is 0 Å². The standard InChI is InChI=1S/C48H58N8O8/c1-25(2)41(54-48(60)62-6)46(58)55-26(3)9-15-37(55)44-50-21-36(52-44)29-11-13-32-31(18-29)24-64-39-20-33-28(19-34(32)39)12-14-35-43(33)53-45(51-35)38-16-10-27(4)56(38)47(59)42(49-22-40(57)61-5)30-8-7-17-63-23-30/h11-14,18-21,25-27,30,37-38,41-42,49H,7-10,15-17,22-24H2,1-6H3,(H,50,52)(H,51,53)(H,54,60). The minimum Gasteiger partial charge on any atom is -0.488 e. The van der Waals surface area contributed by atoms with Crippen molar-refractivity contribution in [2.75, 3.05) is 34.0 Å². The van der Waals surface area contributed by atoms with Gasteiger partial charge in [-0.05, 0) is 105 Å². The maximum Gasteiger partial charge on any atom is 0.407 e. The number of alkyl carbamates (subject to hydrolysis) is 1. The van der Waals surface area contributed by atoms with Gasteiger partial charge in [0, 0.05) is 35.6 Å². The lowest BCUT2D eigenvalue weighted by atomic mass is 9.92. The van der Waals surface area contributed by atoms with E-state index in [0.717, 1.165) is 99.9 Å². The summed E-state index contributed by atoms with van der Waals surface area (Å²) >= 11 is 0. The van der Waals surface area contributed by atoms with Crippen LogP contribution in [0.25, 0.3) is 44.2 Å². The normalized spacial score (nSPS) is 22.8. The van der Waals surface area contributed by atoms with Gasteiger partial charge in [0.2, 0.25) is 11.8 Å². The Hall–Kier alpha value is -6.00. The topological polar surface area (TPSA) is 193 Å². The average molecular weight is 875 g/mol. The number of carbonyl (C=O) groups is 4. The second kappa shape index (κ2) is 17.9. The van der Waals surface area contributed by atoms with Crippen LogP contribution in [-0.2, 0) is 35.2 Å². The number of amides is 3. The zero-order valence-electron chi connectivity index (χ0n) is 37.4. The molecule has 3 aromatic carbocycles. The predicted octanol–water partition coefficient (Wildman–Crippen LogP) is 6.71. The van der Waals surface area contributed by atoms with Crippen LogP contribution >= 0.6 is 0 Å². The summed E-state index contributed by atoms with van der Waals surface area (Å²) < 4.78 is 21.9. The first kappa shape index (κ1) is 43.3. The third-order valence-corrected chi connectivity index (χ3v) is 13.8. The second-order valence-corrected chi connectivity index (χ2v) is 18.1. The van der Waals surface area contributed by atoms with Crippen LogP contribution in [0.2, 0.25) is 0 Å². The molecule has 9 rings (SSSR count). The quantitative estimate of drug-likeness (QED) is 0.103. The van der Waals surface area contributed by atoms with Gasteiger partial charge in [0.15, 0.2) is 0 Å². The van der Waals surface area contributed by atoms with Crippen LogP contribution < -0.4 is 15.4 Å². The molecule has 3 amide bonds. The molecule has 3 fully saturated rings. The fourth-order valence-corrected chi connectivity index (χ4v) is 10.3. The fraction of sp³-hybridized carbons (Fsp3) is 0.500. The number of hydrogen-bond acceptors (Lipinski definition) is 11. The smallest absolute Gasteiger partial charge is 0.407 e. The number of benzene rings is 3. The molecule has 0 saturated carbocycles. The maximum absolute atomic E-state index is 14.5. The van der Waals surface area contributed by atoms with Crippen molar-refractivity contribution in [1.82, 2.24) is 40.4 Å². The van der Waals surface area contributed by atoms with E-state index in [9.17, 15) is 19.2 Å². The Labute approximate surface area is 372 Å². The molecule has 3 saturated heterocycles. The summed E-state index contributed by atoms with van der Waals surface area (Å²) in [5, 5.41) is 7.92. The van der Waals surface area contributed by atoms with Gasteiger partial charge in [-0.2, -0.15) is 0 Å². The van der Waals surface area contributed by atoms with Crippen molar-refractivity contribution in [2.24, 2.45) is 11.8 Å². The second-order valence-electron chi connectivity index (χ2n) is 18.1. The Bertz CT molecular complexity index is 2580. The lowest BCUT2D eigenvalue weighted by molar-refractivity contribution is -0.142. The Morgan fingerprint density at radius 2 is 1.64 bits per heavy atom. The Morgan fingerprint density at radius 3 is 2.36 bits per heavy atom. The first-order chi connectivity index (χ1) is 30.9. The van der Waals surface area contributed by atoms with Gasteiger partial charge in [0.25, 0.3) is 0 Å². The van der Waals surface area contributed by atoms with Crippen LogP contribution in [0.15, 0.2) is 48.7 Å². The summed E-state index contributed by atoms with van der Waals surface area (Å²) in [5.41, 5.74) is 6.62. The molecule has 64 heavy (non-hydrogen) atoms. The number of hydrogen-bond donors (Lipinski definition) is 4. The average Bonchev–Trinajstić information content (AvgIpc) is 4.13. The van der Waals surface area contributed by atoms with Gasteiger partial charge >= 0.3 is 12.1 Å². The molecule has 0 radical (unpaired) electrons. The summed E-state index contributed by atoms with van der Waals surface area (Å²) in [6.45, 7) is 9.38. The van der Waals surface area contributed by atoms with Crippen molar-refractivity contribution in [3.05, 3.63) is 65.9 Å². The first-order valence-electron chi connectivity index (χ1n) is 22.6. The molecular weight excluding hydrogens is 817 g/mol. The van der Waals surface area contributed by atoms with Gasteiger partial charge in [-0.15, -0.1) is 0 Å². The van der Waals surface area contributed by atoms with Crippen LogP contribution in [0.4, 0.5) is 4.79 Å². The van der Waals surface area contributed by atoms with Crippen LogP contribution in [0.5, 0.6) is 5.75 Å². The number of nitrogens with one attached hydrogen (secondary N) is 4. The lowest BCUT2D eigenvalue weighted by Gasteiger charge is -2.36. The van der Waals surface area contributed by atoms with E-state index in [0.29, 0.717) is 25.6 Å². The van der Waals surface area contributed by atoms with E-state index < -0.39 is 24.1 Å². The van der Waals surface area contributed by atoms with Crippen molar-refractivity contribution in [2.45, 2.75) is 109 Å². The molecule has 7 unspecified atom stereocenters. The van der Waals surface area contributed by atoms with Crippen molar-refractivity contribution in [3.63, 3.8) is 0 Å². The molecule has 338 valence electrons. The number of esters is 1. The molecule has 16 heteroatoms. The molecule has 0 spiro atoms. The van der Waals surface area contributed by atoms with Gasteiger partial charge < -0.3 is 44.0 Å². The van der Waals surface area contributed by atoms with Crippen molar-refractivity contribution < 1.29 is 38.1 Å². The SMILES string of the molecule is COC(=O)CNC(C(=O)N1C(C)CCC1c1nc2c(ccc3cc4c(cc32)OCc2cc(-c3cnc(C5CCC(C)N5C(=O)C(NC(=O)OC)C(C)C)[nH]3)ccc2-4)[nH]1)C1CCCOC1. The molecule has 5 aromatic rings. The minimum absolute atomic E-state index is 0.0105. The van der Waals surface area contributed by atoms with Gasteiger partial charge in [0.05, 0.1) is 68.4 Å². The predicted molar refractivity (Wildman–Crippen MR) is 239 cm³/mol. The molecule has 0 bridgehead atoms. The number of aromatic amines is 2. The number of carbonyl (C=O) groups excluding carboxylic acids is 4. The molecule has 0 aliphatic carbocycles. The van der Waals surface area contributed by atoms with Crippen LogP contribution in [0.1, 0.15) is 95.5 Å². The highest BCUT2D eigenvalue weighted by Crippen LogP contribution is 2.44. The summed E-state index contributed by atoms with van der Waals surface area (Å²) in [4.78, 5) is 73.5. The molecule has 16 nitrogen and oxygen atoms in total. The third kappa shape index (κ3) is 8.06. The molecule has 2 aromatic heterocycles. The lowest BCUT2D eigenvalue weighted by Crippen LogP contribution is -2.54. The van der Waals surface area contributed by atoms with E-state index in [2.05, 4.69) is 63.9 Å². The van der Waals surface area contributed by atoms with E-state index in [1.807, 2.05) is 42.8 Å². The van der Waals surface area contributed by atoms with Crippen molar-refractivity contribution >= 4 is 45.7 Å². The largest absolute Gasteiger partial charge is 0.488 e.